The Morgan fingerprint density at radius 1 is 1.25 bits per heavy atom. The van der Waals surface area contributed by atoms with Gasteiger partial charge in [-0.1, -0.05) is 25.1 Å². The number of aryl methyl sites for hydroxylation is 1. The van der Waals surface area contributed by atoms with Gasteiger partial charge in [0, 0.05) is 17.9 Å². The average Bonchev–Trinajstić information content (AvgIpc) is 2.55. The molecule has 0 spiro atoms. The molecule has 0 unspecified atom stereocenters. The molecule has 0 saturated carbocycles. The number of aliphatic carboxylic acids is 1. The van der Waals surface area contributed by atoms with Crippen LogP contribution in [-0.4, -0.2) is 24.2 Å². The van der Waals surface area contributed by atoms with Gasteiger partial charge in [-0.05, 0) is 42.0 Å². The maximum Gasteiger partial charge on any atom is 0.331 e. The number of hydrogen-bond donors (Lipinski definition) is 1. The van der Waals surface area contributed by atoms with Gasteiger partial charge in [-0.25, -0.2) is 4.79 Å². The van der Waals surface area contributed by atoms with Crippen LogP contribution in [0.5, 0.6) is 11.5 Å². The van der Waals surface area contributed by atoms with Crippen LogP contribution >= 0.6 is 0 Å². The van der Waals surface area contributed by atoms with E-state index in [1.807, 2.05) is 25.1 Å². The predicted molar refractivity (Wildman–Crippen MR) is 92.5 cm³/mol. The van der Waals surface area contributed by atoms with E-state index in [9.17, 15) is 9.59 Å². The largest absolute Gasteiger partial charge is 0.493 e. The molecule has 5 heteroatoms. The molecule has 0 saturated heterocycles. The molecule has 0 heterocycles. The lowest BCUT2D eigenvalue weighted by atomic mass is 9.96. The lowest BCUT2D eigenvalue weighted by Crippen LogP contribution is -2.05. The minimum Gasteiger partial charge on any atom is -0.493 e. The van der Waals surface area contributed by atoms with E-state index in [4.69, 9.17) is 14.6 Å². The van der Waals surface area contributed by atoms with Crippen molar-refractivity contribution in [3.05, 3.63) is 41.0 Å². The van der Waals surface area contributed by atoms with E-state index < -0.39 is 11.9 Å². The van der Waals surface area contributed by atoms with E-state index in [-0.39, 0.29) is 5.57 Å². The van der Waals surface area contributed by atoms with Gasteiger partial charge in [0.25, 0.3) is 0 Å². The summed E-state index contributed by atoms with van der Waals surface area (Å²) in [5.41, 5.74) is 1.90. The van der Waals surface area contributed by atoms with Crippen LogP contribution in [0.4, 0.5) is 0 Å². The first-order valence-electron chi connectivity index (χ1n) is 7.61. The third-order valence-corrected chi connectivity index (χ3v) is 3.76. The Hall–Kier alpha value is -2.82. The van der Waals surface area contributed by atoms with Crippen molar-refractivity contribution in [2.45, 2.75) is 27.2 Å². The molecule has 0 aliphatic heterocycles. The van der Waals surface area contributed by atoms with Gasteiger partial charge in [0.15, 0.2) is 11.5 Å². The summed E-state index contributed by atoms with van der Waals surface area (Å²) in [4.78, 5) is 22.7. The van der Waals surface area contributed by atoms with Crippen LogP contribution in [-0.2, 0) is 16.0 Å². The highest BCUT2D eigenvalue weighted by atomic mass is 16.6. The highest BCUT2D eigenvalue weighted by Gasteiger charge is 2.18. The van der Waals surface area contributed by atoms with Gasteiger partial charge < -0.3 is 14.6 Å². The molecule has 0 radical (unpaired) electrons. The van der Waals surface area contributed by atoms with Crippen molar-refractivity contribution in [1.82, 2.24) is 0 Å². The molecule has 0 amide bonds. The maximum absolute atomic E-state index is 11.5. The highest BCUT2D eigenvalue weighted by molar-refractivity contribution is 6.02. The number of rotatable bonds is 5. The number of ether oxygens (including phenoxy) is 2. The zero-order chi connectivity index (χ0) is 17.9. The molecular weight excluding hydrogens is 308 g/mol. The van der Waals surface area contributed by atoms with Gasteiger partial charge >= 0.3 is 11.9 Å². The second kappa shape index (κ2) is 7.17. The van der Waals surface area contributed by atoms with Crippen LogP contribution in [0.15, 0.2) is 29.8 Å². The number of carboxylic acid groups (broad SMARTS) is 1. The zero-order valence-corrected chi connectivity index (χ0v) is 14.2. The van der Waals surface area contributed by atoms with Crippen LogP contribution in [0.1, 0.15) is 31.9 Å². The second-order valence-electron chi connectivity index (χ2n) is 5.42. The number of fused-ring (bicyclic) bond motifs is 1. The van der Waals surface area contributed by atoms with Gasteiger partial charge in [-0.2, -0.15) is 0 Å². The van der Waals surface area contributed by atoms with Gasteiger partial charge in [0.05, 0.1) is 7.11 Å². The number of carbonyl (C=O) groups excluding carboxylic acids is 1. The van der Waals surface area contributed by atoms with Crippen molar-refractivity contribution in [2.75, 3.05) is 7.11 Å². The van der Waals surface area contributed by atoms with Crippen molar-refractivity contribution in [3.8, 4) is 11.5 Å². The summed E-state index contributed by atoms with van der Waals surface area (Å²) < 4.78 is 10.8. The summed E-state index contributed by atoms with van der Waals surface area (Å²) in [7, 11) is 1.49. The number of benzene rings is 2. The fourth-order valence-corrected chi connectivity index (χ4v) is 2.62. The van der Waals surface area contributed by atoms with Gasteiger partial charge in [0.1, 0.15) is 0 Å². The first-order valence-corrected chi connectivity index (χ1v) is 7.61. The molecule has 2 aromatic rings. The average molecular weight is 328 g/mol. The molecule has 0 fully saturated rings. The van der Waals surface area contributed by atoms with E-state index in [1.54, 1.807) is 12.1 Å². The summed E-state index contributed by atoms with van der Waals surface area (Å²) in [5.74, 6) is -0.672. The topological polar surface area (TPSA) is 72.8 Å². The van der Waals surface area contributed by atoms with Crippen molar-refractivity contribution < 1.29 is 24.2 Å². The Labute approximate surface area is 140 Å². The van der Waals surface area contributed by atoms with Crippen LogP contribution in [0, 0.1) is 0 Å². The molecule has 24 heavy (non-hydrogen) atoms. The number of carbonyl (C=O) groups is 2. The van der Waals surface area contributed by atoms with Crippen LogP contribution in [0.25, 0.3) is 16.8 Å². The first-order chi connectivity index (χ1) is 11.4. The molecule has 0 bridgehead atoms. The number of carboxylic acids is 1. The predicted octanol–water partition coefficient (Wildman–Crippen LogP) is 3.82. The molecule has 0 atom stereocenters. The summed E-state index contributed by atoms with van der Waals surface area (Å²) in [6.45, 7) is 4.87. The molecule has 1 N–H and O–H groups in total. The van der Waals surface area contributed by atoms with Gasteiger partial charge in [-0.15, -0.1) is 0 Å². The van der Waals surface area contributed by atoms with E-state index in [0.29, 0.717) is 17.1 Å². The Bertz CT molecular complexity index is 833. The first kappa shape index (κ1) is 17.5. The molecule has 0 aliphatic rings. The summed E-state index contributed by atoms with van der Waals surface area (Å²) in [6.07, 6.45) is 2.32. The Kier molecular flexibility index (Phi) is 5.24. The van der Waals surface area contributed by atoms with Gasteiger partial charge in [0.2, 0.25) is 0 Å². The lowest BCUT2D eigenvalue weighted by molar-refractivity contribution is -0.133. The highest BCUT2D eigenvalue weighted by Crippen LogP contribution is 2.41. The maximum atomic E-state index is 11.5. The number of esters is 1. The van der Waals surface area contributed by atoms with Crippen molar-refractivity contribution in [1.29, 1.82) is 0 Å². The van der Waals surface area contributed by atoms with E-state index in [2.05, 4.69) is 0 Å². The second-order valence-corrected chi connectivity index (χ2v) is 5.42. The van der Waals surface area contributed by atoms with Crippen LogP contribution in [0.3, 0.4) is 0 Å². The third-order valence-electron chi connectivity index (χ3n) is 3.76. The van der Waals surface area contributed by atoms with E-state index in [0.717, 1.165) is 22.8 Å². The normalized spacial score (nSPS) is 11.4. The Morgan fingerprint density at radius 2 is 1.96 bits per heavy atom. The molecule has 5 nitrogen and oxygen atoms in total. The third kappa shape index (κ3) is 3.40. The molecule has 0 aliphatic carbocycles. The van der Waals surface area contributed by atoms with Crippen molar-refractivity contribution in [3.63, 3.8) is 0 Å². The number of hydrogen-bond acceptors (Lipinski definition) is 4. The Balaban J connectivity index is 2.90. The quantitative estimate of drug-likeness (QED) is 0.513. The van der Waals surface area contributed by atoms with E-state index >= 15 is 0 Å². The minimum atomic E-state index is -0.988. The molecule has 126 valence electrons. The van der Waals surface area contributed by atoms with Gasteiger partial charge in [-0.3, -0.25) is 4.79 Å². The number of methoxy groups -OCH3 is 1. The fraction of sp³-hybridized carbons (Fsp3) is 0.263. The Morgan fingerprint density at radius 3 is 2.50 bits per heavy atom. The standard InChI is InChI=1S/C19H20O5/c1-5-13-7-6-8-15-14(9-11(2)19(21)22)10-16(23-4)18(17(13)15)24-12(3)20/h6-10H,5H2,1-4H3,(H,21,22)/b11-9-. The van der Waals surface area contributed by atoms with E-state index in [1.165, 1.54) is 21.0 Å². The van der Waals surface area contributed by atoms with Crippen LogP contribution < -0.4 is 9.47 Å². The lowest BCUT2D eigenvalue weighted by Gasteiger charge is -2.16. The minimum absolute atomic E-state index is 0.209. The van der Waals surface area contributed by atoms with Crippen molar-refractivity contribution >= 4 is 28.8 Å². The molecular formula is C19H20O5. The van der Waals surface area contributed by atoms with Crippen LogP contribution in [0.2, 0.25) is 0 Å². The van der Waals surface area contributed by atoms with Crippen molar-refractivity contribution in [2.24, 2.45) is 0 Å². The monoisotopic (exact) mass is 328 g/mol. The molecule has 2 aromatic carbocycles. The fourth-order valence-electron chi connectivity index (χ4n) is 2.62. The smallest absolute Gasteiger partial charge is 0.331 e. The summed E-state index contributed by atoms with van der Waals surface area (Å²) >= 11 is 0. The molecule has 2 rings (SSSR count). The zero-order valence-electron chi connectivity index (χ0n) is 14.2. The summed E-state index contributed by atoms with van der Waals surface area (Å²) in [6, 6.07) is 7.42. The molecule has 0 aromatic heterocycles. The SMILES string of the molecule is CCc1cccc2c(/C=C(/C)C(=O)O)cc(OC)c(OC(C)=O)c12. The summed E-state index contributed by atoms with van der Waals surface area (Å²) in [5, 5.41) is 10.7.